The van der Waals surface area contributed by atoms with Gasteiger partial charge in [-0.05, 0) is 19.8 Å². The second-order valence-corrected chi connectivity index (χ2v) is 4.47. The highest BCUT2D eigenvalue weighted by Crippen LogP contribution is 2.34. The summed E-state index contributed by atoms with van der Waals surface area (Å²) in [7, 11) is 2.44. The molecule has 116 valence electrons. The van der Waals surface area contributed by atoms with Gasteiger partial charge in [0.2, 0.25) is 0 Å². The Morgan fingerprint density at radius 2 is 1.50 bits per heavy atom. The summed E-state index contributed by atoms with van der Waals surface area (Å²) in [5, 5.41) is 0. The molecule has 0 aromatic carbocycles. The molecule has 0 heterocycles. The van der Waals surface area contributed by atoms with Crippen LogP contribution in [0.15, 0.2) is 0 Å². The Kier molecular flexibility index (Phi) is 8.59. The van der Waals surface area contributed by atoms with Crippen LogP contribution in [0, 0.1) is 5.41 Å². The molecule has 0 radical (unpaired) electrons. The molecule has 0 aliphatic rings. The van der Waals surface area contributed by atoms with Crippen molar-refractivity contribution in [2.24, 2.45) is 5.41 Å². The molecule has 0 atom stereocenters. The van der Waals surface area contributed by atoms with E-state index in [-0.39, 0.29) is 19.4 Å². The third kappa shape index (κ3) is 4.83. The number of unbranched alkanes of at least 4 members (excludes halogenated alkanes) is 1. The summed E-state index contributed by atoms with van der Waals surface area (Å²) in [6.07, 6.45) is 1.78. The smallest absolute Gasteiger partial charge is 0.323 e. The number of hydrogen-bond donors (Lipinski definition) is 0. The SMILES string of the molecule is CCCCC(CCC(=O)OCC)(C(=O)OC)C(=O)OC. The highest BCUT2D eigenvalue weighted by molar-refractivity contribution is 6.00. The Morgan fingerprint density at radius 3 is 1.90 bits per heavy atom. The first-order valence-electron chi connectivity index (χ1n) is 6.80. The van der Waals surface area contributed by atoms with E-state index in [4.69, 9.17) is 14.2 Å². The lowest BCUT2D eigenvalue weighted by Gasteiger charge is -2.27. The number of rotatable bonds is 9. The quantitative estimate of drug-likeness (QED) is 0.366. The molecule has 0 amide bonds. The van der Waals surface area contributed by atoms with E-state index in [1.807, 2.05) is 6.92 Å². The molecule has 6 heteroatoms. The molecule has 0 aromatic heterocycles. The number of ether oxygens (including phenoxy) is 3. The van der Waals surface area contributed by atoms with Crippen molar-refractivity contribution < 1.29 is 28.6 Å². The van der Waals surface area contributed by atoms with Gasteiger partial charge in [0.1, 0.15) is 0 Å². The Morgan fingerprint density at radius 1 is 0.950 bits per heavy atom. The van der Waals surface area contributed by atoms with Gasteiger partial charge in [-0.25, -0.2) is 0 Å². The van der Waals surface area contributed by atoms with Crippen LogP contribution >= 0.6 is 0 Å². The van der Waals surface area contributed by atoms with Crippen LogP contribution in [0.2, 0.25) is 0 Å². The number of methoxy groups -OCH3 is 2. The summed E-state index contributed by atoms with van der Waals surface area (Å²) < 4.78 is 14.3. The van der Waals surface area contributed by atoms with Gasteiger partial charge < -0.3 is 14.2 Å². The van der Waals surface area contributed by atoms with Crippen LogP contribution in [-0.4, -0.2) is 38.7 Å². The Balaban J connectivity index is 5.11. The first kappa shape index (κ1) is 18.4. The van der Waals surface area contributed by atoms with Crippen molar-refractivity contribution in [2.45, 2.75) is 46.0 Å². The highest BCUT2D eigenvalue weighted by Gasteiger charge is 2.47. The molecule has 0 aromatic rings. The molecule has 0 unspecified atom stereocenters. The molecule has 0 N–H and O–H groups in total. The van der Waals surface area contributed by atoms with Crippen LogP contribution in [0.1, 0.15) is 46.0 Å². The maximum atomic E-state index is 12.0. The van der Waals surface area contributed by atoms with Gasteiger partial charge >= 0.3 is 17.9 Å². The maximum Gasteiger partial charge on any atom is 0.323 e. The number of hydrogen-bond acceptors (Lipinski definition) is 6. The Hall–Kier alpha value is -1.59. The van der Waals surface area contributed by atoms with Gasteiger partial charge in [0.25, 0.3) is 0 Å². The van der Waals surface area contributed by atoms with Crippen molar-refractivity contribution in [3.05, 3.63) is 0 Å². The summed E-state index contributed by atoms with van der Waals surface area (Å²) in [6.45, 7) is 3.91. The van der Waals surface area contributed by atoms with Gasteiger partial charge in [0.15, 0.2) is 5.41 Å². The second kappa shape index (κ2) is 9.34. The molecule has 0 fully saturated rings. The van der Waals surface area contributed by atoms with E-state index in [1.54, 1.807) is 6.92 Å². The second-order valence-electron chi connectivity index (χ2n) is 4.47. The number of carbonyl (C=O) groups is 3. The zero-order valence-electron chi connectivity index (χ0n) is 12.7. The average Bonchev–Trinajstić information content (AvgIpc) is 2.46. The maximum absolute atomic E-state index is 12.0. The van der Waals surface area contributed by atoms with E-state index in [2.05, 4.69) is 0 Å². The van der Waals surface area contributed by atoms with Crippen LogP contribution in [0.25, 0.3) is 0 Å². The van der Waals surface area contributed by atoms with E-state index in [9.17, 15) is 14.4 Å². The summed E-state index contributed by atoms with van der Waals surface area (Å²) in [4.78, 5) is 35.5. The van der Waals surface area contributed by atoms with Gasteiger partial charge in [-0.15, -0.1) is 0 Å². The fourth-order valence-electron chi connectivity index (χ4n) is 2.03. The van der Waals surface area contributed by atoms with Gasteiger partial charge in [0.05, 0.1) is 20.8 Å². The normalized spacial score (nSPS) is 10.8. The van der Waals surface area contributed by atoms with Crippen LogP contribution in [0.3, 0.4) is 0 Å². The summed E-state index contributed by atoms with van der Waals surface area (Å²) in [5.74, 6) is -1.77. The molecular weight excluding hydrogens is 264 g/mol. The van der Waals surface area contributed by atoms with Crippen molar-refractivity contribution in [1.82, 2.24) is 0 Å². The Labute approximate surface area is 119 Å². The molecule has 0 bridgehead atoms. The van der Waals surface area contributed by atoms with E-state index < -0.39 is 23.3 Å². The lowest BCUT2D eigenvalue weighted by Crippen LogP contribution is -2.41. The minimum Gasteiger partial charge on any atom is -0.468 e. The van der Waals surface area contributed by atoms with Gasteiger partial charge in [-0.2, -0.15) is 0 Å². The van der Waals surface area contributed by atoms with Crippen LogP contribution in [0.5, 0.6) is 0 Å². The van der Waals surface area contributed by atoms with Crippen molar-refractivity contribution in [3.8, 4) is 0 Å². The largest absolute Gasteiger partial charge is 0.468 e. The molecule has 0 rings (SSSR count). The topological polar surface area (TPSA) is 78.9 Å². The van der Waals surface area contributed by atoms with Crippen molar-refractivity contribution in [1.29, 1.82) is 0 Å². The van der Waals surface area contributed by atoms with Crippen molar-refractivity contribution in [3.63, 3.8) is 0 Å². The molecule has 0 saturated carbocycles. The first-order valence-corrected chi connectivity index (χ1v) is 6.80. The first-order chi connectivity index (χ1) is 9.48. The van der Waals surface area contributed by atoms with Crippen LogP contribution in [-0.2, 0) is 28.6 Å². The van der Waals surface area contributed by atoms with Crippen molar-refractivity contribution in [2.75, 3.05) is 20.8 Å². The fraction of sp³-hybridized carbons (Fsp3) is 0.786. The molecular formula is C14H24O6. The highest BCUT2D eigenvalue weighted by atomic mass is 16.5. The summed E-state index contributed by atoms with van der Waals surface area (Å²) >= 11 is 0. The standard InChI is InChI=1S/C14H24O6/c1-5-7-9-14(12(16)18-3,13(17)19-4)10-8-11(15)20-6-2/h5-10H2,1-4H3. The third-order valence-corrected chi connectivity index (χ3v) is 3.17. The number of carbonyl (C=O) groups excluding carboxylic acids is 3. The van der Waals surface area contributed by atoms with Crippen LogP contribution < -0.4 is 0 Å². The predicted octanol–water partition coefficient (Wildman–Crippen LogP) is 1.85. The Bertz CT molecular complexity index is 321. The zero-order valence-corrected chi connectivity index (χ0v) is 12.7. The minimum atomic E-state index is -1.42. The number of esters is 3. The average molecular weight is 288 g/mol. The molecule has 0 aliphatic heterocycles. The molecule has 20 heavy (non-hydrogen) atoms. The van der Waals surface area contributed by atoms with Gasteiger partial charge in [-0.1, -0.05) is 19.8 Å². The van der Waals surface area contributed by atoms with E-state index in [0.29, 0.717) is 12.8 Å². The van der Waals surface area contributed by atoms with E-state index in [1.165, 1.54) is 14.2 Å². The molecule has 0 spiro atoms. The third-order valence-electron chi connectivity index (χ3n) is 3.17. The summed E-state index contributed by atoms with van der Waals surface area (Å²) in [6, 6.07) is 0. The predicted molar refractivity (Wildman–Crippen MR) is 71.9 cm³/mol. The molecule has 0 aliphatic carbocycles. The monoisotopic (exact) mass is 288 g/mol. The van der Waals surface area contributed by atoms with Gasteiger partial charge in [-0.3, -0.25) is 14.4 Å². The zero-order chi connectivity index (χ0) is 15.6. The van der Waals surface area contributed by atoms with Crippen molar-refractivity contribution >= 4 is 17.9 Å². The fourth-order valence-corrected chi connectivity index (χ4v) is 2.03. The lowest BCUT2D eigenvalue weighted by molar-refractivity contribution is -0.171. The molecule has 6 nitrogen and oxygen atoms in total. The summed E-state index contributed by atoms with van der Waals surface area (Å²) in [5.41, 5.74) is -1.42. The van der Waals surface area contributed by atoms with E-state index in [0.717, 1.165) is 6.42 Å². The van der Waals surface area contributed by atoms with Crippen LogP contribution in [0.4, 0.5) is 0 Å². The lowest BCUT2D eigenvalue weighted by atomic mass is 9.78. The molecule has 0 saturated heterocycles. The van der Waals surface area contributed by atoms with E-state index >= 15 is 0 Å². The van der Waals surface area contributed by atoms with Gasteiger partial charge in [0, 0.05) is 6.42 Å². The minimum absolute atomic E-state index is 0.0260.